The van der Waals surface area contributed by atoms with Gasteiger partial charge in [0.25, 0.3) is 0 Å². The molecule has 0 spiro atoms. The summed E-state index contributed by atoms with van der Waals surface area (Å²) in [6.45, 7) is 2.69. The van der Waals surface area contributed by atoms with Gasteiger partial charge in [0.2, 0.25) is 0 Å². The molecule has 4 heteroatoms. The predicted molar refractivity (Wildman–Crippen MR) is 48.2 cm³/mol. The molecule has 1 aromatic heterocycles. The number of hydrogen-bond acceptors (Lipinski definition) is 4. The molecule has 1 N–H and O–H groups in total. The fourth-order valence-corrected chi connectivity index (χ4v) is 2.42. The molecule has 2 heterocycles. The van der Waals surface area contributed by atoms with Crippen molar-refractivity contribution in [2.24, 2.45) is 0 Å². The van der Waals surface area contributed by atoms with Crippen molar-refractivity contribution in [2.45, 2.75) is 19.6 Å². The van der Waals surface area contributed by atoms with Gasteiger partial charge < -0.3 is 10.1 Å². The minimum Gasteiger partial charge on any atom is -0.378 e. The number of nitrogens with zero attached hydrogens (tertiary/aromatic N) is 1. The lowest BCUT2D eigenvalue weighted by molar-refractivity contribution is 0.184. The smallest absolute Gasteiger partial charge is 0.119 e. The van der Waals surface area contributed by atoms with Crippen molar-refractivity contribution in [1.82, 2.24) is 10.3 Å². The first kappa shape index (κ1) is 8.16. The molecule has 66 valence electrons. The first-order valence-electron chi connectivity index (χ1n) is 4.07. The quantitative estimate of drug-likeness (QED) is 0.742. The minimum atomic E-state index is 0.650. The lowest BCUT2D eigenvalue weighted by Gasteiger charge is -2.09. The van der Waals surface area contributed by atoms with Crippen molar-refractivity contribution in [3.05, 3.63) is 15.6 Å². The summed E-state index contributed by atoms with van der Waals surface area (Å²) in [6, 6.07) is 0. The lowest BCUT2D eigenvalue weighted by atomic mass is 10.2. The van der Waals surface area contributed by atoms with Gasteiger partial charge in [0.1, 0.15) is 5.01 Å². The van der Waals surface area contributed by atoms with Gasteiger partial charge in [-0.3, -0.25) is 0 Å². The van der Waals surface area contributed by atoms with Gasteiger partial charge in [-0.15, -0.1) is 11.3 Å². The molecule has 1 aliphatic rings. The Hall–Kier alpha value is -0.450. The zero-order valence-electron chi connectivity index (χ0n) is 7.09. The third-order valence-electron chi connectivity index (χ3n) is 1.91. The maximum Gasteiger partial charge on any atom is 0.119 e. The third kappa shape index (κ3) is 1.50. The number of thiazole rings is 1. The first-order chi connectivity index (χ1) is 5.90. The molecular formula is C8H12N2OS. The van der Waals surface area contributed by atoms with Crippen LogP contribution in [-0.4, -0.2) is 18.6 Å². The number of hydrogen-bond donors (Lipinski definition) is 1. The molecule has 0 fully saturated rings. The van der Waals surface area contributed by atoms with Crippen molar-refractivity contribution in [2.75, 3.05) is 13.7 Å². The van der Waals surface area contributed by atoms with Gasteiger partial charge in [0, 0.05) is 31.5 Å². The van der Waals surface area contributed by atoms with Crippen LogP contribution in [0.3, 0.4) is 0 Å². The summed E-state index contributed by atoms with van der Waals surface area (Å²) < 4.78 is 5.03. The Labute approximate surface area is 75.8 Å². The first-order valence-corrected chi connectivity index (χ1v) is 4.89. The van der Waals surface area contributed by atoms with Crippen molar-refractivity contribution in [1.29, 1.82) is 0 Å². The summed E-state index contributed by atoms with van der Waals surface area (Å²) in [6.07, 6.45) is 1.07. The minimum absolute atomic E-state index is 0.650. The fraction of sp³-hybridized carbons (Fsp3) is 0.625. The summed E-state index contributed by atoms with van der Waals surface area (Å²) in [5.41, 5.74) is 1.27. The molecule has 1 aliphatic heterocycles. The third-order valence-corrected chi connectivity index (χ3v) is 2.99. The number of ether oxygens (including phenoxy) is 1. The van der Waals surface area contributed by atoms with Crippen LogP contribution in [0, 0.1) is 0 Å². The Morgan fingerprint density at radius 1 is 1.67 bits per heavy atom. The van der Waals surface area contributed by atoms with E-state index in [9.17, 15) is 0 Å². The average molecular weight is 184 g/mol. The van der Waals surface area contributed by atoms with Crippen molar-refractivity contribution >= 4 is 11.3 Å². The van der Waals surface area contributed by atoms with E-state index in [-0.39, 0.29) is 0 Å². The predicted octanol–water partition coefficient (Wildman–Crippen LogP) is 0.935. The Bertz CT molecular complexity index is 249. The van der Waals surface area contributed by atoms with Crippen molar-refractivity contribution in [3.63, 3.8) is 0 Å². The zero-order valence-corrected chi connectivity index (χ0v) is 7.91. The van der Waals surface area contributed by atoms with E-state index >= 15 is 0 Å². The topological polar surface area (TPSA) is 34.1 Å². The van der Waals surface area contributed by atoms with Crippen LogP contribution in [0.4, 0.5) is 0 Å². The summed E-state index contributed by atoms with van der Waals surface area (Å²) in [4.78, 5) is 5.88. The summed E-state index contributed by atoms with van der Waals surface area (Å²) in [5.74, 6) is 0. The highest BCUT2D eigenvalue weighted by Gasteiger charge is 2.13. The van der Waals surface area contributed by atoms with Crippen LogP contribution in [0.1, 0.15) is 15.6 Å². The van der Waals surface area contributed by atoms with Gasteiger partial charge in [0.05, 0.1) is 12.3 Å². The van der Waals surface area contributed by atoms with Crippen LogP contribution in [-0.2, 0) is 24.3 Å². The number of fused-ring (bicyclic) bond motifs is 1. The molecular weight excluding hydrogens is 172 g/mol. The fourth-order valence-electron chi connectivity index (χ4n) is 1.36. The molecule has 0 saturated heterocycles. The number of aromatic nitrogens is 1. The van der Waals surface area contributed by atoms with Crippen LogP contribution >= 0.6 is 11.3 Å². The Balaban J connectivity index is 2.20. The molecule has 0 bridgehead atoms. The van der Waals surface area contributed by atoms with Gasteiger partial charge in [0.15, 0.2) is 0 Å². The lowest BCUT2D eigenvalue weighted by Crippen LogP contribution is -2.22. The zero-order chi connectivity index (χ0) is 8.39. The van der Waals surface area contributed by atoms with Gasteiger partial charge in [-0.1, -0.05) is 0 Å². The van der Waals surface area contributed by atoms with E-state index in [1.165, 1.54) is 10.6 Å². The average Bonchev–Trinajstić information content (AvgIpc) is 2.47. The second kappa shape index (κ2) is 3.51. The normalized spacial score (nSPS) is 16.1. The van der Waals surface area contributed by atoms with E-state index in [0.717, 1.165) is 24.5 Å². The SMILES string of the molecule is COCc1nc2c(s1)CNCC2. The maximum absolute atomic E-state index is 5.03. The molecule has 0 aliphatic carbocycles. The van der Waals surface area contributed by atoms with Gasteiger partial charge >= 0.3 is 0 Å². The van der Waals surface area contributed by atoms with Gasteiger partial charge in [-0.05, 0) is 0 Å². The summed E-state index contributed by atoms with van der Waals surface area (Å²) in [7, 11) is 1.71. The standard InChI is InChI=1S/C8H12N2OS/c1-11-5-8-10-6-2-3-9-4-7(6)12-8/h9H,2-5H2,1H3. The van der Waals surface area contributed by atoms with Crippen LogP contribution in [0.2, 0.25) is 0 Å². The number of nitrogens with one attached hydrogen (secondary N) is 1. The largest absolute Gasteiger partial charge is 0.378 e. The number of rotatable bonds is 2. The Morgan fingerprint density at radius 3 is 3.33 bits per heavy atom. The summed E-state index contributed by atoms with van der Waals surface area (Å²) in [5, 5.41) is 4.43. The molecule has 2 rings (SSSR count). The highest BCUT2D eigenvalue weighted by atomic mass is 32.1. The van der Waals surface area contributed by atoms with Crippen LogP contribution in [0.5, 0.6) is 0 Å². The molecule has 1 aromatic rings. The maximum atomic E-state index is 5.03. The highest BCUT2D eigenvalue weighted by Crippen LogP contribution is 2.21. The van der Waals surface area contributed by atoms with Crippen LogP contribution in [0.25, 0.3) is 0 Å². The molecule has 12 heavy (non-hydrogen) atoms. The molecule has 0 saturated carbocycles. The summed E-state index contributed by atoms with van der Waals surface area (Å²) >= 11 is 1.76. The van der Waals surface area contributed by atoms with Crippen LogP contribution in [0.15, 0.2) is 0 Å². The monoisotopic (exact) mass is 184 g/mol. The molecule has 0 aromatic carbocycles. The number of methoxy groups -OCH3 is 1. The second-order valence-electron chi connectivity index (χ2n) is 2.84. The second-order valence-corrected chi connectivity index (χ2v) is 4.01. The molecule has 0 unspecified atom stereocenters. The van der Waals surface area contributed by atoms with E-state index in [4.69, 9.17) is 4.74 Å². The Kier molecular flexibility index (Phi) is 2.39. The van der Waals surface area contributed by atoms with E-state index in [2.05, 4.69) is 10.3 Å². The van der Waals surface area contributed by atoms with E-state index in [1.54, 1.807) is 18.4 Å². The highest BCUT2D eigenvalue weighted by molar-refractivity contribution is 7.11. The molecule has 0 amide bonds. The van der Waals surface area contributed by atoms with E-state index < -0.39 is 0 Å². The Morgan fingerprint density at radius 2 is 2.58 bits per heavy atom. The molecule has 3 nitrogen and oxygen atoms in total. The van der Waals surface area contributed by atoms with Crippen molar-refractivity contribution in [3.8, 4) is 0 Å². The van der Waals surface area contributed by atoms with E-state index in [0.29, 0.717) is 6.61 Å². The van der Waals surface area contributed by atoms with Crippen LogP contribution < -0.4 is 5.32 Å². The van der Waals surface area contributed by atoms with Crippen molar-refractivity contribution < 1.29 is 4.74 Å². The molecule has 0 atom stereocenters. The molecule has 0 radical (unpaired) electrons. The van der Waals surface area contributed by atoms with Gasteiger partial charge in [-0.2, -0.15) is 0 Å². The van der Waals surface area contributed by atoms with Gasteiger partial charge in [-0.25, -0.2) is 4.98 Å². The van der Waals surface area contributed by atoms with E-state index in [1.807, 2.05) is 0 Å².